The molecule has 0 unspecified atom stereocenters. The van der Waals surface area contributed by atoms with E-state index in [1.54, 1.807) is 43.3 Å². The first-order valence-electron chi connectivity index (χ1n) is 7.48. The van der Waals surface area contributed by atoms with Crippen LogP contribution in [0, 0.1) is 13.8 Å². The van der Waals surface area contributed by atoms with Gasteiger partial charge in [-0.1, -0.05) is 29.3 Å². The molecule has 1 amide bonds. The van der Waals surface area contributed by atoms with Crippen molar-refractivity contribution in [1.29, 1.82) is 0 Å². The van der Waals surface area contributed by atoms with Gasteiger partial charge in [-0.15, -0.1) is 0 Å². The average Bonchev–Trinajstić information content (AvgIpc) is 3.05. The minimum absolute atomic E-state index is 0.0473. The van der Waals surface area contributed by atoms with Gasteiger partial charge in [0.25, 0.3) is 5.91 Å². The van der Waals surface area contributed by atoms with Gasteiger partial charge < -0.3 is 10.4 Å². The summed E-state index contributed by atoms with van der Waals surface area (Å²) in [5, 5.41) is 20.7. The molecule has 128 valence electrons. The van der Waals surface area contributed by atoms with Gasteiger partial charge in [-0.05, 0) is 55.3 Å². The molecule has 0 bridgehead atoms. The lowest BCUT2D eigenvalue weighted by atomic mass is 10.1. The molecule has 7 heteroatoms. The number of phenolic OH excluding ortho intramolecular Hbond substituents is 1. The molecule has 3 aromatic rings. The van der Waals surface area contributed by atoms with Gasteiger partial charge in [-0.3, -0.25) is 9.89 Å². The normalized spacial score (nSPS) is 10.7. The molecule has 0 atom stereocenters. The number of rotatable bonds is 3. The van der Waals surface area contributed by atoms with Crippen molar-refractivity contribution in [2.45, 2.75) is 13.8 Å². The lowest BCUT2D eigenvalue weighted by molar-refractivity contribution is 0.102. The number of aryl methyl sites for hydroxylation is 1. The molecule has 3 rings (SSSR count). The summed E-state index contributed by atoms with van der Waals surface area (Å²) in [7, 11) is 0. The number of H-pyrrole nitrogens is 1. The lowest BCUT2D eigenvalue weighted by Gasteiger charge is -2.08. The van der Waals surface area contributed by atoms with Crippen LogP contribution in [-0.2, 0) is 0 Å². The number of hydrogen-bond acceptors (Lipinski definition) is 3. The number of halogens is 2. The van der Waals surface area contributed by atoms with Crippen LogP contribution in [-0.4, -0.2) is 21.2 Å². The molecule has 0 saturated heterocycles. The number of carbonyl (C=O) groups excluding carboxylic acids is 1. The molecule has 25 heavy (non-hydrogen) atoms. The summed E-state index contributed by atoms with van der Waals surface area (Å²) < 4.78 is 0. The number of hydrogen-bond donors (Lipinski definition) is 3. The van der Waals surface area contributed by atoms with E-state index in [-0.39, 0.29) is 17.4 Å². The third-order valence-electron chi connectivity index (χ3n) is 3.89. The van der Waals surface area contributed by atoms with E-state index in [4.69, 9.17) is 23.2 Å². The van der Waals surface area contributed by atoms with Crippen LogP contribution in [0.4, 0.5) is 5.69 Å². The molecule has 0 spiro atoms. The SMILES string of the molecule is Cc1cc(O)c(-c2cc(C(=O)Nc3cccc(Cl)c3C)[nH]n2)cc1Cl. The molecule has 2 aromatic carbocycles. The van der Waals surface area contributed by atoms with Gasteiger partial charge in [0.05, 0.1) is 5.69 Å². The van der Waals surface area contributed by atoms with E-state index in [1.807, 2.05) is 6.92 Å². The summed E-state index contributed by atoms with van der Waals surface area (Å²) in [6.45, 7) is 3.62. The number of anilines is 1. The van der Waals surface area contributed by atoms with Crippen molar-refractivity contribution in [3.05, 3.63) is 63.3 Å². The fourth-order valence-corrected chi connectivity index (χ4v) is 2.72. The maximum atomic E-state index is 12.4. The van der Waals surface area contributed by atoms with Gasteiger partial charge in [0.15, 0.2) is 0 Å². The minimum Gasteiger partial charge on any atom is -0.507 e. The van der Waals surface area contributed by atoms with E-state index in [1.165, 1.54) is 0 Å². The Kier molecular flexibility index (Phi) is 4.70. The van der Waals surface area contributed by atoms with Gasteiger partial charge in [0, 0.05) is 21.3 Å². The Balaban J connectivity index is 1.87. The quantitative estimate of drug-likeness (QED) is 0.605. The second-order valence-electron chi connectivity index (χ2n) is 5.65. The van der Waals surface area contributed by atoms with Crippen LogP contribution in [0.2, 0.25) is 10.0 Å². The van der Waals surface area contributed by atoms with Crippen molar-refractivity contribution >= 4 is 34.8 Å². The summed E-state index contributed by atoms with van der Waals surface area (Å²) in [5.74, 6) is -0.312. The van der Waals surface area contributed by atoms with E-state index in [0.29, 0.717) is 27.0 Å². The molecule has 0 aliphatic carbocycles. The summed E-state index contributed by atoms with van der Waals surface area (Å²) in [6, 6.07) is 10.0. The lowest BCUT2D eigenvalue weighted by Crippen LogP contribution is -2.13. The molecule has 0 aliphatic rings. The third-order valence-corrected chi connectivity index (χ3v) is 4.71. The van der Waals surface area contributed by atoms with Crippen LogP contribution >= 0.6 is 23.2 Å². The minimum atomic E-state index is -0.359. The number of aromatic nitrogens is 2. The Morgan fingerprint density at radius 2 is 1.92 bits per heavy atom. The first-order chi connectivity index (χ1) is 11.9. The van der Waals surface area contributed by atoms with Gasteiger partial charge in [0.1, 0.15) is 11.4 Å². The Bertz CT molecular complexity index is 967. The Hall–Kier alpha value is -2.50. The summed E-state index contributed by atoms with van der Waals surface area (Å²) in [4.78, 5) is 12.4. The zero-order valence-electron chi connectivity index (χ0n) is 13.5. The highest BCUT2D eigenvalue weighted by molar-refractivity contribution is 6.32. The highest BCUT2D eigenvalue weighted by Crippen LogP contribution is 2.33. The smallest absolute Gasteiger partial charge is 0.273 e. The van der Waals surface area contributed by atoms with Gasteiger partial charge in [-0.25, -0.2) is 0 Å². The Morgan fingerprint density at radius 1 is 1.16 bits per heavy atom. The molecular weight excluding hydrogens is 361 g/mol. The van der Waals surface area contributed by atoms with E-state index < -0.39 is 0 Å². The maximum Gasteiger partial charge on any atom is 0.273 e. The number of amides is 1. The Labute approximate surface area is 154 Å². The second-order valence-corrected chi connectivity index (χ2v) is 6.47. The monoisotopic (exact) mass is 375 g/mol. The van der Waals surface area contributed by atoms with Crippen LogP contribution in [0.1, 0.15) is 21.6 Å². The third kappa shape index (κ3) is 3.48. The topological polar surface area (TPSA) is 78.0 Å². The number of aromatic amines is 1. The van der Waals surface area contributed by atoms with Crippen LogP contribution in [0.25, 0.3) is 11.3 Å². The van der Waals surface area contributed by atoms with Crippen LogP contribution in [0.15, 0.2) is 36.4 Å². The first-order valence-corrected chi connectivity index (χ1v) is 8.23. The summed E-state index contributed by atoms with van der Waals surface area (Å²) in [5.41, 5.74) is 3.28. The van der Waals surface area contributed by atoms with Crippen molar-refractivity contribution in [2.24, 2.45) is 0 Å². The Morgan fingerprint density at radius 3 is 2.68 bits per heavy atom. The zero-order valence-corrected chi connectivity index (χ0v) is 15.0. The number of phenols is 1. The van der Waals surface area contributed by atoms with Crippen LogP contribution in [0.5, 0.6) is 5.75 Å². The van der Waals surface area contributed by atoms with Crippen molar-refractivity contribution in [1.82, 2.24) is 10.2 Å². The van der Waals surface area contributed by atoms with E-state index in [9.17, 15) is 9.90 Å². The predicted octanol–water partition coefficient (Wildman–Crippen LogP) is 4.96. The molecule has 0 fully saturated rings. The molecule has 0 aliphatic heterocycles. The fourth-order valence-electron chi connectivity index (χ4n) is 2.38. The average molecular weight is 376 g/mol. The van der Waals surface area contributed by atoms with Gasteiger partial charge >= 0.3 is 0 Å². The molecule has 0 radical (unpaired) electrons. The molecule has 3 N–H and O–H groups in total. The first kappa shape index (κ1) is 17.3. The molecule has 0 saturated carbocycles. The van der Waals surface area contributed by atoms with Crippen molar-refractivity contribution < 1.29 is 9.90 Å². The van der Waals surface area contributed by atoms with Gasteiger partial charge in [-0.2, -0.15) is 5.10 Å². The molecular formula is C18H15Cl2N3O2. The fraction of sp³-hybridized carbons (Fsp3) is 0.111. The molecule has 1 aromatic heterocycles. The van der Waals surface area contributed by atoms with E-state index in [0.717, 1.165) is 11.1 Å². The number of aromatic hydroxyl groups is 1. The summed E-state index contributed by atoms with van der Waals surface area (Å²) >= 11 is 12.2. The van der Waals surface area contributed by atoms with Crippen molar-refractivity contribution in [3.63, 3.8) is 0 Å². The summed E-state index contributed by atoms with van der Waals surface area (Å²) in [6.07, 6.45) is 0. The van der Waals surface area contributed by atoms with E-state index in [2.05, 4.69) is 15.5 Å². The number of nitrogens with zero attached hydrogens (tertiary/aromatic N) is 1. The van der Waals surface area contributed by atoms with Gasteiger partial charge in [0.2, 0.25) is 0 Å². The van der Waals surface area contributed by atoms with Crippen molar-refractivity contribution in [3.8, 4) is 17.0 Å². The van der Waals surface area contributed by atoms with Crippen molar-refractivity contribution in [2.75, 3.05) is 5.32 Å². The van der Waals surface area contributed by atoms with Crippen LogP contribution in [0.3, 0.4) is 0 Å². The highest BCUT2D eigenvalue weighted by Gasteiger charge is 2.15. The number of carbonyl (C=O) groups is 1. The number of nitrogens with one attached hydrogen (secondary N) is 2. The standard InChI is InChI=1S/C18H15Cl2N3O2/c1-9-6-17(24)11(7-13(9)20)15-8-16(23-22-15)18(25)21-14-5-3-4-12(19)10(14)2/h3-8,24H,1-2H3,(H,21,25)(H,22,23). The predicted molar refractivity (Wildman–Crippen MR) is 99.6 cm³/mol. The highest BCUT2D eigenvalue weighted by atomic mass is 35.5. The van der Waals surface area contributed by atoms with Crippen LogP contribution < -0.4 is 5.32 Å². The second kappa shape index (κ2) is 6.78. The largest absolute Gasteiger partial charge is 0.507 e. The zero-order chi connectivity index (χ0) is 18.1. The maximum absolute atomic E-state index is 12.4. The molecule has 1 heterocycles. The molecule has 5 nitrogen and oxygen atoms in total. The number of benzene rings is 2. The van der Waals surface area contributed by atoms with E-state index >= 15 is 0 Å².